The highest BCUT2D eigenvalue weighted by Crippen LogP contribution is 2.03. The van der Waals surface area contributed by atoms with Crippen molar-refractivity contribution in [1.29, 1.82) is 0 Å². The van der Waals surface area contributed by atoms with Crippen molar-refractivity contribution in [3.8, 4) is 0 Å². The van der Waals surface area contributed by atoms with E-state index in [-0.39, 0.29) is 5.91 Å². The van der Waals surface area contributed by atoms with E-state index in [4.69, 9.17) is 30.6 Å². The fourth-order valence-corrected chi connectivity index (χ4v) is 0.671. The standard InChI is InChI=1S/C6H14O6.C4H9NO/c7-1-3(9)5(11)6(12)4(10)2-8;1-4(6)5(2)3/h3-12H,1-2H2;1-3H3/t3-,4-,5-,6-;/m1./s1. The molecule has 0 radical (unpaired) electrons. The van der Waals surface area contributed by atoms with Gasteiger partial charge in [-0.3, -0.25) is 4.79 Å². The van der Waals surface area contributed by atoms with E-state index in [9.17, 15) is 4.79 Å². The average molecular weight is 269 g/mol. The molecule has 0 bridgehead atoms. The fourth-order valence-electron chi connectivity index (χ4n) is 0.671. The van der Waals surface area contributed by atoms with Gasteiger partial charge in [-0.2, -0.15) is 0 Å². The maximum absolute atomic E-state index is 10.1. The lowest BCUT2D eigenvalue weighted by Crippen LogP contribution is -2.46. The third-order valence-corrected chi connectivity index (χ3v) is 2.14. The molecule has 0 aliphatic rings. The summed E-state index contributed by atoms with van der Waals surface area (Å²) in [6, 6.07) is 0. The highest BCUT2D eigenvalue weighted by Gasteiger charge is 2.29. The normalized spacial score (nSPS) is 16.9. The van der Waals surface area contributed by atoms with Gasteiger partial charge in [0.05, 0.1) is 13.2 Å². The lowest BCUT2D eigenvalue weighted by atomic mass is 10.0. The van der Waals surface area contributed by atoms with Crippen molar-refractivity contribution in [1.82, 2.24) is 4.90 Å². The Balaban J connectivity index is 0. The Hall–Kier alpha value is -0.770. The number of carbonyl (C=O) groups excluding carboxylic acids is 1. The van der Waals surface area contributed by atoms with Crippen LogP contribution >= 0.6 is 0 Å². The van der Waals surface area contributed by atoms with Gasteiger partial charge in [-0.15, -0.1) is 0 Å². The first-order valence-corrected chi connectivity index (χ1v) is 5.30. The number of rotatable bonds is 5. The van der Waals surface area contributed by atoms with Gasteiger partial charge in [0.2, 0.25) is 5.91 Å². The van der Waals surface area contributed by atoms with Crippen LogP contribution in [0, 0.1) is 0 Å². The molecule has 18 heavy (non-hydrogen) atoms. The first-order chi connectivity index (χ1) is 8.18. The first kappa shape index (κ1) is 19.6. The molecule has 0 aliphatic carbocycles. The van der Waals surface area contributed by atoms with Crippen molar-refractivity contribution < 1.29 is 35.4 Å². The van der Waals surface area contributed by atoms with Gasteiger partial charge >= 0.3 is 0 Å². The van der Waals surface area contributed by atoms with E-state index in [1.165, 1.54) is 11.8 Å². The lowest BCUT2D eigenvalue weighted by Gasteiger charge is -2.24. The van der Waals surface area contributed by atoms with Crippen LogP contribution < -0.4 is 0 Å². The Morgan fingerprint density at radius 3 is 1.28 bits per heavy atom. The molecule has 6 N–H and O–H groups in total. The van der Waals surface area contributed by atoms with E-state index in [0.717, 1.165) is 0 Å². The summed E-state index contributed by atoms with van der Waals surface area (Å²) in [6.45, 7) is 0.0761. The van der Waals surface area contributed by atoms with Gasteiger partial charge in [0.25, 0.3) is 0 Å². The van der Waals surface area contributed by atoms with Gasteiger partial charge in [-0.25, -0.2) is 0 Å². The van der Waals surface area contributed by atoms with E-state index in [1.807, 2.05) is 0 Å². The third-order valence-electron chi connectivity index (χ3n) is 2.14. The summed E-state index contributed by atoms with van der Waals surface area (Å²) in [5.74, 6) is 0.0926. The number of carbonyl (C=O) groups is 1. The molecule has 4 atom stereocenters. The van der Waals surface area contributed by atoms with Crippen LogP contribution in [-0.4, -0.2) is 93.2 Å². The lowest BCUT2D eigenvalue weighted by molar-refractivity contribution is -0.126. The Bertz CT molecular complexity index is 210. The number of nitrogens with zero attached hydrogens (tertiary/aromatic N) is 1. The minimum Gasteiger partial charge on any atom is -0.394 e. The van der Waals surface area contributed by atoms with Gasteiger partial charge in [0, 0.05) is 21.0 Å². The highest BCUT2D eigenvalue weighted by atomic mass is 16.4. The minimum absolute atomic E-state index is 0.0926. The van der Waals surface area contributed by atoms with Gasteiger partial charge < -0.3 is 35.5 Å². The summed E-state index contributed by atoms with van der Waals surface area (Å²) in [4.78, 5) is 11.6. The molecule has 0 heterocycles. The number of aliphatic hydroxyl groups excluding tert-OH is 6. The van der Waals surface area contributed by atoms with Gasteiger partial charge in [0.1, 0.15) is 24.4 Å². The van der Waals surface area contributed by atoms with Crippen LogP contribution in [0.5, 0.6) is 0 Å². The summed E-state index contributed by atoms with van der Waals surface area (Å²) in [7, 11) is 3.45. The number of amides is 1. The molecule has 0 aromatic carbocycles. The summed E-state index contributed by atoms with van der Waals surface area (Å²) in [6.07, 6.45) is -6.39. The van der Waals surface area contributed by atoms with Gasteiger partial charge in [-0.05, 0) is 0 Å². The second-order valence-electron chi connectivity index (χ2n) is 3.89. The predicted molar refractivity (Wildman–Crippen MR) is 62.6 cm³/mol. The van der Waals surface area contributed by atoms with E-state index in [0.29, 0.717) is 0 Å². The van der Waals surface area contributed by atoms with Crippen LogP contribution in [0.4, 0.5) is 0 Å². The van der Waals surface area contributed by atoms with Crippen LogP contribution in [0.2, 0.25) is 0 Å². The molecule has 0 saturated heterocycles. The van der Waals surface area contributed by atoms with E-state index >= 15 is 0 Å². The number of aliphatic hydroxyl groups is 6. The van der Waals surface area contributed by atoms with Crippen LogP contribution in [-0.2, 0) is 4.79 Å². The van der Waals surface area contributed by atoms with Crippen molar-refractivity contribution in [3.05, 3.63) is 0 Å². The zero-order valence-electron chi connectivity index (χ0n) is 10.8. The molecule has 0 fully saturated rings. The third kappa shape index (κ3) is 8.34. The molecule has 0 aliphatic heterocycles. The van der Waals surface area contributed by atoms with Crippen molar-refractivity contribution >= 4 is 5.91 Å². The molecule has 1 amide bonds. The van der Waals surface area contributed by atoms with Crippen molar-refractivity contribution in [2.45, 2.75) is 31.3 Å². The molecule has 0 aromatic heterocycles. The molecule has 110 valence electrons. The average Bonchev–Trinajstić information content (AvgIpc) is 2.35. The zero-order chi connectivity index (χ0) is 14.9. The van der Waals surface area contributed by atoms with Crippen molar-refractivity contribution in [2.24, 2.45) is 0 Å². The minimum atomic E-state index is -1.67. The number of hydrogen-bond donors (Lipinski definition) is 6. The van der Waals surface area contributed by atoms with Crippen LogP contribution in [0.1, 0.15) is 6.92 Å². The predicted octanol–water partition coefficient (Wildman–Crippen LogP) is -3.49. The van der Waals surface area contributed by atoms with Gasteiger partial charge in [0.15, 0.2) is 0 Å². The summed E-state index contributed by atoms with van der Waals surface area (Å²) >= 11 is 0. The zero-order valence-corrected chi connectivity index (χ0v) is 10.8. The summed E-state index contributed by atoms with van der Waals surface area (Å²) in [5, 5.41) is 52.2. The van der Waals surface area contributed by atoms with Crippen LogP contribution in [0.25, 0.3) is 0 Å². The Morgan fingerprint density at radius 1 is 0.944 bits per heavy atom. The highest BCUT2D eigenvalue weighted by molar-refractivity contribution is 5.72. The molecule has 0 unspecified atom stereocenters. The molecule has 8 heteroatoms. The molecular weight excluding hydrogens is 246 g/mol. The van der Waals surface area contributed by atoms with E-state index in [1.54, 1.807) is 14.1 Å². The first-order valence-electron chi connectivity index (χ1n) is 5.30. The van der Waals surface area contributed by atoms with E-state index in [2.05, 4.69) is 0 Å². The smallest absolute Gasteiger partial charge is 0.218 e. The second kappa shape index (κ2) is 10.2. The van der Waals surface area contributed by atoms with E-state index < -0.39 is 37.6 Å². The summed E-state index contributed by atoms with van der Waals surface area (Å²) in [5.41, 5.74) is 0. The molecule has 0 rings (SSSR count). The fraction of sp³-hybridized carbons (Fsp3) is 0.900. The Labute approximate surface area is 106 Å². The Kier molecular flexibility index (Phi) is 11.1. The summed E-state index contributed by atoms with van der Waals surface area (Å²) < 4.78 is 0. The largest absolute Gasteiger partial charge is 0.394 e. The molecule has 0 spiro atoms. The SMILES string of the molecule is CC(=O)N(C)C.OC[C@@H](O)[C@@H](O)[C@H](O)[C@H](O)CO. The molecule has 8 nitrogen and oxygen atoms in total. The quantitative estimate of drug-likeness (QED) is 0.304. The second-order valence-corrected chi connectivity index (χ2v) is 3.89. The van der Waals surface area contributed by atoms with Crippen molar-refractivity contribution in [3.63, 3.8) is 0 Å². The van der Waals surface area contributed by atoms with Crippen molar-refractivity contribution in [2.75, 3.05) is 27.3 Å². The van der Waals surface area contributed by atoms with Crippen LogP contribution in [0.15, 0.2) is 0 Å². The number of hydrogen-bond acceptors (Lipinski definition) is 7. The monoisotopic (exact) mass is 269 g/mol. The molecule has 0 aromatic rings. The maximum Gasteiger partial charge on any atom is 0.218 e. The Morgan fingerprint density at radius 2 is 1.17 bits per heavy atom. The molecular formula is C10H23NO7. The maximum atomic E-state index is 10.1. The van der Waals surface area contributed by atoms with Gasteiger partial charge in [-0.1, -0.05) is 0 Å². The van der Waals surface area contributed by atoms with Crippen LogP contribution in [0.3, 0.4) is 0 Å². The molecule has 0 saturated carbocycles. The topological polar surface area (TPSA) is 142 Å².